The number of nitrogens with zero attached hydrogens (tertiary/aromatic N) is 1. The first-order valence-corrected chi connectivity index (χ1v) is 8.47. The number of nitriles is 1. The van der Waals surface area contributed by atoms with E-state index in [1.54, 1.807) is 36.0 Å². The monoisotopic (exact) mass is 342 g/mol. The quantitative estimate of drug-likeness (QED) is 0.487. The first-order valence-electron chi connectivity index (χ1n) is 6.87. The second-order valence-electron chi connectivity index (χ2n) is 4.81. The SMILES string of the molecule is CSc1ccc(/C=C(\C#N)C(=O)Nc2cccc(Cl)c2C)cc1. The number of benzene rings is 2. The molecule has 3 nitrogen and oxygen atoms in total. The van der Waals surface area contributed by atoms with E-state index < -0.39 is 5.91 Å². The molecule has 5 heteroatoms. The van der Waals surface area contributed by atoms with Gasteiger partial charge < -0.3 is 5.32 Å². The number of amides is 1. The molecule has 2 aromatic rings. The number of thioether (sulfide) groups is 1. The van der Waals surface area contributed by atoms with Gasteiger partial charge in [-0.2, -0.15) is 5.26 Å². The van der Waals surface area contributed by atoms with Gasteiger partial charge in [0.2, 0.25) is 0 Å². The summed E-state index contributed by atoms with van der Waals surface area (Å²) < 4.78 is 0. The van der Waals surface area contributed by atoms with Crippen LogP contribution in [0.4, 0.5) is 5.69 Å². The van der Waals surface area contributed by atoms with Crippen molar-refractivity contribution in [3.8, 4) is 6.07 Å². The molecule has 1 amide bonds. The van der Waals surface area contributed by atoms with Gasteiger partial charge in [0.25, 0.3) is 5.91 Å². The third-order valence-corrected chi connectivity index (χ3v) is 4.46. The van der Waals surface area contributed by atoms with Crippen molar-refractivity contribution in [3.63, 3.8) is 0 Å². The van der Waals surface area contributed by atoms with Gasteiger partial charge in [-0.05, 0) is 54.6 Å². The minimum Gasteiger partial charge on any atom is -0.321 e. The largest absolute Gasteiger partial charge is 0.321 e. The summed E-state index contributed by atoms with van der Waals surface area (Å²) in [5.41, 5.74) is 2.21. The van der Waals surface area contributed by atoms with E-state index >= 15 is 0 Å². The maximum absolute atomic E-state index is 12.3. The van der Waals surface area contributed by atoms with E-state index in [1.807, 2.05) is 43.5 Å². The van der Waals surface area contributed by atoms with E-state index in [-0.39, 0.29) is 5.57 Å². The summed E-state index contributed by atoms with van der Waals surface area (Å²) in [5.74, 6) is -0.452. The van der Waals surface area contributed by atoms with E-state index in [9.17, 15) is 10.1 Å². The molecule has 0 saturated heterocycles. The third kappa shape index (κ3) is 4.38. The number of hydrogen-bond donors (Lipinski definition) is 1. The van der Waals surface area contributed by atoms with Crippen LogP contribution in [0, 0.1) is 18.3 Å². The minimum atomic E-state index is -0.452. The molecule has 0 radical (unpaired) electrons. The highest BCUT2D eigenvalue weighted by atomic mass is 35.5. The summed E-state index contributed by atoms with van der Waals surface area (Å²) in [7, 11) is 0. The van der Waals surface area contributed by atoms with Crippen LogP contribution in [0.2, 0.25) is 5.02 Å². The Morgan fingerprint density at radius 3 is 2.57 bits per heavy atom. The number of carbonyl (C=O) groups excluding carboxylic acids is 1. The number of hydrogen-bond acceptors (Lipinski definition) is 3. The Hall–Kier alpha value is -2.22. The average molecular weight is 343 g/mol. The Morgan fingerprint density at radius 1 is 1.26 bits per heavy atom. The van der Waals surface area contributed by atoms with Crippen LogP contribution in [0.1, 0.15) is 11.1 Å². The highest BCUT2D eigenvalue weighted by molar-refractivity contribution is 7.98. The van der Waals surface area contributed by atoms with Gasteiger partial charge in [-0.3, -0.25) is 4.79 Å². The fourth-order valence-electron chi connectivity index (χ4n) is 1.95. The Balaban J connectivity index is 2.22. The van der Waals surface area contributed by atoms with E-state index in [0.717, 1.165) is 16.0 Å². The van der Waals surface area contributed by atoms with Crippen molar-refractivity contribution in [3.05, 3.63) is 64.2 Å². The minimum absolute atomic E-state index is 0.0428. The van der Waals surface area contributed by atoms with Crippen LogP contribution in [0.5, 0.6) is 0 Å². The van der Waals surface area contributed by atoms with Gasteiger partial charge in [-0.15, -0.1) is 11.8 Å². The molecule has 0 aliphatic heterocycles. The lowest BCUT2D eigenvalue weighted by Gasteiger charge is -2.09. The van der Waals surface area contributed by atoms with Gasteiger partial charge in [0.15, 0.2) is 0 Å². The Bertz CT molecular complexity index is 792. The average Bonchev–Trinajstić information content (AvgIpc) is 2.57. The predicted octanol–water partition coefficient (Wildman–Crippen LogP) is 4.92. The lowest BCUT2D eigenvalue weighted by atomic mass is 10.1. The van der Waals surface area contributed by atoms with Crippen molar-refractivity contribution in [1.82, 2.24) is 0 Å². The predicted molar refractivity (Wildman–Crippen MR) is 96.6 cm³/mol. The first kappa shape index (κ1) is 17.1. The number of nitrogens with one attached hydrogen (secondary N) is 1. The molecule has 2 aromatic carbocycles. The molecule has 0 heterocycles. The van der Waals surface area contributed by atoms with Crippen LogP contribution in [0.15, 0.2) is 52.9 Å². The second kappa shape index (κ2) is 7.87. The molecule has 116 valence electrons. The highest BCUT2D eigenvalue weighted by Crippen LogP contribution is 2.23. The fourth-order valence-corrected chi connectivity index (χ4v) is 2.53. The Morgan fingerprint density at radius 2 is 1.96 bits per heavy atom. The molecule has 0 aliphatic carbocycles. The molecule has 0 bridgehead atoms. The molecule has 2 rings (SSSR count). The van der Waals surface area contributed by atoms with Crippen LogP contribution < -0.4 is 5.32 Å². The van der Waals surface area contributed by atoms with Crippen LogP contribution >= 0.6 is 23.4 Å². The number of anilines is 1. The summed E-state index contributed by atoms with van der Waals surface area (Å²) in [5, 5.41) is 12.5. The van der Waals surface area contributed by atoms with Crippen molar-refractivity contribution in [2.45, 2.75) is 11.8 Å². The first-order chi connectivity index (χ1) is 11.0. The van der Waals surface area contributed by atoms with Gasteiger partial charge in [0.05, 0.1) is 0 Å². The Kier molecular flexibility index (Phi) is 5.86. The molecule has 0 unspecified atom stereocenters. The number of halogens is 1. The van der Waals surface area contributed by atoms with Crippen molar-refractivity contribution in [1.29, 1.82) is 5.26 Å². The lowest BCUT2D eigenvalue weighted by molar-refractivity contribution is -0.112. The van der Waals surface area contributed by atoms with Crippen LogP contribution in [0.25, 0.3) is 6.08 Å². The summed E-state index contributed by atoms with van der Waals surface area (Å²) >= 11 is 7.67. The molecule has 0 aromatic heterocycles. The van der Waals surface area contributed by atoms with Crippen molar-refractivity contribution >= 4 is 41.0 Å². The second-order valence-corrected chi connectivity index (χ2v) is 6.10. The molecule has 0 aliphatic rings. The molecule has 0 fully saturated rings. The maximum atomic E-state index is 12.3. The van der Waals surface area contributed by atoms with E-state index in [0.29, 0.717) is 10.7 Å². The van der Waals surface area contributed by atoms with Gasteiger partial charge in [0.1, 0.15) is 11.6 Å². The molecule has 1 N–H and O–H groups in total. The normalized spacial score (nSPS) is 11.0. The van der Waals surface area contributed by atoms with Gasteiger partial charge in [0, 0.05) is 15.6 Å². The molecule has 23 heavy (non-hydrogen) atoms. The zero-order chi connectivity index (χ0) is 16.8. The zero-order valence-corrected chi connectivity index (χ0v) is 14.3. The molecular formula is C18H15ClN2OS. The number of carbonyl (C=O) groups is 1. The fraction of sp³-hybridized carbons (Fsp3) is 0.111. The lowest BCUT2D eigenvalue weighted by Crippen LogP contribution is -2.14. The van der Waals surface area contributed by atoms with Gasteiger partial charge >= 0.3 is 0 Å². The van der Waals surface area contributed by atoms with Crippen molar-refractivity contribution < 1.29 is 4.79 Å². The van der Waals surface area contributed by atoms with Crippen LogP contribution in [-0.2, 0) is 4.79 Å². The summed E-state index contributed by atoms with van der Waals surface area (Å²) in [6.45, 7) is 1.81. The smallest absolute Gasteiger partial charge is 0.266 e. The molecule has 0 spiro atoms. The molecule has 0 atom stereocenters. The standard InChI is InChI=1S/C18H15ClN2OS/c1-12-16(19)4-3-5-17(12)21-18(22)14(11-20)10-13-6-8-15(23-2)9-7-13/h3-10H,1-2H3,(H,21,22)/b14-10+. The van der Waals surface area contributed by atoms with Crippen LogP contribution in [-0.4, -0.2) is 12.2 Å². The van der Waals surface area contributed by atoms with Crippen molar-refractivity contribution in [2.24, 2.45) is 0 Å². The van der Waals surface area contributed by atoms with Gasteiger partial charge in [-0.25, -0.2) is 0 Å². The summed E-state index contributed by atoms with van der Waals surface area (Å²) in [4.78, 5) is 13.4. The van der Waals surface area contributed by atoms with E-state index in [1.165, 1.54) is 0 Å². The van der Waals surface area contributed by atoms with E-state index in [4.69, 9.17) is 11.6 Å². The maximum Gasteiger partial charge on any atom is 0.266 e. The highest BCUT2D eigenvalue weighted by Gasteiger charge is 2.11. The zero-order valence-electron chi connectivity index (χ0n) is 12.8. The molecule has 0 saturated carbocycles. The van der Waals surface area contributed by atoms with Gasteiger partial charge in [-0.1, -0.05) is 29.8 Å². The Labute approximate surface area is 145 Å². The third-order valence-electron chi connectivity index (χ3n) is 3.31. The van der Waals surface area contributed by atoms with Crippen LogP contribution in [0.3, 0.4) is 0 Å². The van der Waals surface area contributed by atoms with Crippen molar-refractivity contribution in [2.75, 3.05) is 11.6 Å². The summed E-state index contributed by atoms with van der Waals surface area (Å²) in [6, 6.07) is 14.8. The topological polar surface area (TPSA) is 52.9 Å². The van der Waals surface area contributed by atoms with E-state index in [2.05, 4.69) is 5.32 Å². The number of rotatable bonds is 4. The molecular weight excluding hydrogens is 328 g/mol. The summed E-state index contributed by atoms with van der Waals surface area (Å²) in [6.07, 6.45) is 3.56.